The summed E-state index contributed by atoms with van der Waals surface area (Å²) in [6.07, 6.45) is 2.08. The maximum Gasteiger partial charge on any atom is 0.138 e. The zero-order valence-corrected chi connectivity index (χ0v) is 5.99. The van der Waals surface area contributed by atoms with Gasteiger partial charge in [-0.05, 0) is 20.8 Å². The van der Waals surface area contributed by atoms with Crippen molar-refractivity contribution in [1.82, 2.24) is 0 Å². The summed E-state index contributed by atoms with van der Waals surface area (Å²) in [6, 6.07) is 0. The van der Waals surface area contributed by atoms with Crippen LogP contribution < -0.4 is 0 Å². The lowest BCUT2D eigenvalue weighted by Crippen LogP contribution is -1.52. The fourth-order valence-corrected chi connectivity index (χ4v) is 0. The molecule has 0 aromatic carbocycles. The summed E-state index contributed by atoms with van der Waals surface area (Å²) >= 11 is 0. The van der Waals surface area contributed by atoms with Crippen molar-refractivity contribution in [2.75, 3.05) is 0 Å². The second-order valence-electron chi connectivity index (χ2n) is 1.37. The summed E-state index contributed by atoms with van der Waals surface area (Å²) in [7, 11) is 1.72. The molecule has 0 aliphatic carbocycles. The van der Waals surface area contributed by atoms with Crippen molar-refractivity contribution >= 4 is 9.12 Å². The third-order valence-electron chi connectivity index (χ3n) is 0.577. The van der Waals surface area contributed by atoms with Crippen molar-refractivity contribution in [2.45, 2.75) is 20.8 Å². The van der Waals surface area contributed by atoms with E-state index in [1.54, 1.807) is 9.12 Å². The second-order valence-corrected chi connectivity index (χ2v) is 1.37. The van der Waals surface area contributed by atoms with Crippen molar-refractivity contribution in [3.63, 3.8) is 0 Å². The molecular formula is C5H11OP. The lowest BCUT2D eigenvalue weighted by molar-refractivity contribution is 0.607. The van der Waals surface area contributed by atoms with Crippen LogP contribution in [0, 0.1) is 0 Å². The first-order chi connectivity index (χ1) is 3.27. The highest BCUT2D eigenvalue weighted by Crippen LogP contribution is 1.82. The predicted molar refractivity (Wildman–Crippen MR) is 34.1 cm³/mol. The van der Waals surface area contributed by atoms with Crippen molar-refractivity contribution in [3.05, 3.63) is 11.6 Å². The molecule has 0 fully saturated rings. The van der Waals surface area contributed by atoms with Gasteiger partial charge >= 0.3 is 0 Å². The van der Waals surface area contributed by atoms with Gasteiger partial charge in [0.25, 0.3) is 0 Å². The van der Waals surface area contributed by atoms with Crippen LogP contribution in [0.3, 0.4) is 0 Å². The van der Waals surface area contributed by atoms with E-state index in [4.69, 9.17) is 4.57 Å². The minimum absolute atomic E-state index is 1.38. The van der Waals surface area contributed by atoms with E-state index in [1.807, 2.05) is 6.92 Å². The lowest BCUT2D eigenvalue weighted by Gasteiger charge is -1.74. The molecule has 0 heterocycles. The van der Waals surface area contributed by atoms with Crippen molar-refractivity contribution in [3.8, 4) is 0 Å². The fraction of sp³-hybridized carbons (Fsp3) is 0.600. The Morgan fingerprint density at radius 3 is 1.57 bits per heavy atom. The minimum atomic E-state index is 1.38. The Hall–Kier alpha value is -0.160. The van der Waals surface area contributed by atoms with Gasteiger partial charge in [-0.25, -0.2) is 0 Å². The molecule has 42 valence electrons. The van der Waals surface area contributed by atoms with Gasteiger partial charge in [-0.3, -0.25) is 4.57 Å². The highest BCUT2D eigenvalue weighted by Gasteiger charge is 1.60. The highest BCUT2D eigenvalue weighted by atomic mass is 31.0. The van der Waals surface area contributed by atoms with E-state index in [1.165, 1.54) is 5.57 Å². The summed E-state index contributed by atoms with van der Waals surface area (Å²) in [4.78, 5) is 0. The van der Waals surface area contributed by atoms with Crippen LogP contribution in [0.2, 0.25) is 0 Å². The molecule has 0 bridgehead atoms. The molecular weight excluding hydrogens is 107 g/mol. The molecule has 0 aromatic rings. The smallest absolute Gasteiger partial charge is 0.138 e. The topological polar surface area (TPSA) is 17.1 Å². The number of rotatable bonds is 0. The third kappa shape index (κ3) is 25.4. The van der Waals surface area contributed by atoms with Crippen LogP contribution in [0.1, 0.15) is 20.8 Å². The molecule has 0 spiro atoms. The Balaban J connectivity index is 0. The fourth-order valence-electron chi connectivity index (χ4n) is 0. The van der Waals surface area contributed by atoms with Crippen LogP contribution >= 0.6 is 9.12 Å². The van der Waals surface area contributed by atoms with E-state index in [9.17, 15) is 0 Å². The Bertz CT molecular complexity index is 55.1. The monoisotopic (exact) mass is 118 g/mol. The first kappa shape index (κ1) is 9.96. The number of hydrogen-bond donors (Lipinski definition) is 0. The molecule has 0 radical (unpaired) electrons. The molecule has 7 heavy (non-hydrogen) atoms. The van der Waals surface area contributed by atoms with Crippen molar-refractivity contribution in [2.24, 2.45) is 0 Å². The molecule has 2 heteroatoms. The van der Waals surface area contributed by atoms with Crippen LogP contribution in [-0.4, -0.2) is 0 Å². The van der Waals surface area contributed by atoms with Crippen LogP contribution in [0.5, 0.6) is 0 Å². The summed E-state index contributed by atoms with van der Waals surface area (Å²) in [6.45, 7) is 6.20. The summed E-state index contributed by atoms with van der Waals surface area (Å²) in [5.74, 6) is 0. The van der Waals surface area contributed by atoms with Gasteiger partial charge in [0, 0.05) is 0 Å². The number of hydrogen-bond acceptors (Lipinski definition) is 1. The molecule has 1 nitrogen and oxygen atoms in total. The molecule has 0 unspecified atom stereocenters. The van der Waals surface area contributed by atoms with Crippen LogP contribution in [0.4, 0.5) is 0 Å². The Morgan fingerprint density at radius 1 is 1.43 bits per heavy atom. The molecule has 0 amide bonds. The molecule has 0 saturated heterocycles. The van der Waals surface area contributed by atoms with Gasteiger partial charge < -0.3 is 0 Å². The quantitative estimate of drug-likeness (QED) is 0.352. The third-order valence-corrected chi connectivity index (χ3v) is 0.577. The van der Waals surface area contributed by atoms with Gasteiger partial charge in [0.15, 0.2) is 0 Å². The van der Waals surface area contributed by atoms with E-state index < -0.39 is 0 Å². The van der Waals surface area contributed by atoms with Crippen LogP contribution in [0.25, 0.3) is 0 Å². The zero-order valence-electron chi connectivity index (χ0n) is 4.99. The molecule has 0 aromatic heterocycles. The average Bonchev–Trinajstić information content (AvgIpc) is 1.73. The molecule has 0 rings (SSSR count). The largest absolute Gasteiger partial charge is 0.279 e. The highest BCUT2D eigenvalue weighted by molar-refractivity contribution is 7.00. The predicted octanol–water partition coefficient (Wildman–Crippen LogP) is 2.45. The first-order valence-electron chi connectivity index (χ1n) is 2.07. The maximum absolute atomic E-state index is 8.06. The lowest BCUT2D eigenvalue weighted by atomic mass is 10.3. The summed E-state index contributed by atoms with van der Waals surface area (Å²) in [5.41, 5.74) is 1.38. The van der Waals surface area contributed by atoms with Gasteiger partial charge in [-0.15, -0.1) is 0 Å². The van der Waals surface area contributed by atoms with Crippen LogP contribution in [0.15, 0.2) is 11.6 Å². The summed E-state index contributed by atoms with van der Waals surface area (Å²) < 4.78 is 8.06. The second kappa shape index (κ2) is 9.28. The Morgan fingerprint density at radius 2 is 1.57 bits per heavy atom. The van der Waals surface area contributed by atoms with Crippen LogP contribution in [-0.2, 0) is 4.57 Å². The molecule has 0 atom stereocenters. The molecule has 0 aliphatic heterocycles. The molecule has 0 saturated carbocycles. The maximum atomic E-state index is 8.06. The normalized spacial score (nSPS) is 5.57. The van der Waals surface area contributed by atoms with Gasteiger partial charge in [-0.1, -0.05) is 11.6 Å². The first-order valence-corrected chi connectivity index (χ1v) is 2.48. The molecule has 0 N–H and O–H groups in total. The van der Waals surface area contributed by atoms with Gasteiger partial charge in [-0.2, -0.15) is 0 Å². The van der Waals surface area contributed by atoms with Gasteiger partial charge in [0.1, 0.15) is 9.12 Å². The summed E-state index contributed by atoms with van der Waals surface area (Å²) in [5, 5.41) is 0. The van der Waals surface area contributed by atoms with E-state index in [-0.39, 0.29) is 0 Å². The van der Waals surface area contributed by atoms with Crippen molar-refractivity contribution < 1.29 is 4.57 Å². The van der Waals surface area contributed by atoms with E-state index in [0.29, 0.717) is 0 Å². The van der Waals surface area contributed by atoms with Crippen molar-refractivity contribution in [1.29, 1.82) is 0 Å². The van der Waals surface area contributed by atoms with E-state index >= 15 is 0 Å². The van der Waals surface area contributed by atoms with Gasteiger partial charge in [0.2, 0.25) is 0 Å². The number of allylic oxidation sites excluding steroid dienone is 2. The zero-order chi connectivity index (χ0) is 6.28. The standard InChI is InChI=1S/C5H10.HOP/c1-4-5(2)3;1-2/h4H,1-3H3;2H. The Kier molecular flexibility index (Phi) is 13.2. The minimum Gasteiger partial charge on any atom is -0.279 e. The SMILES string of the molecule is CC=C(C)C.O=P. The molecule has 0 aliphatic rings. The van der Waals surface area contributed by atoms with Gasteiger partial charge in [0.05, 0.1) is 0 Å². The Labute approximate surface area is 47.1 Å². The van der Waals surface area contributed by atoms with E-state index in [0.717, 1.165) is 0 Å². The van der Waals surface area contributed by atoms with E-state index in [2.05, 4.69) is 19.9 Å². The average molecular weight is 118 g/mol.